The summed E-state index contributed by atoms with van der Waals surface area (Å²) in [6.07, 6.45) is 0. The van der Waals surface area contributed by atoms with E-state index < -0.39 is 29.3 Å². The van der Waals surface area contributed by atoms with Crippen LogP contribution in [0.2, 0.25) is 0 Å². The fraction of sp³-hybridized carbons (Fsp3) is 0.385. The van der Waals surface area contributed by atoms with Gasteiger partial charge in [-0.2, -0.15) is 0 Å². The Morgan fingerprint density at radius 1 is 1.28 bits per heavy atom. The molecule has 1 atom stereocenters. The predicted molar refractivity (Wildman–Crippen MR) is 61.3 cm³/mol. The maximum Gasteiger partial charge on any atom is 0.316 e. The molecule has 0 bridgehead atoms. The zero-order valence-corrected chi connectivity index (χ0v) is 10.6. The number of aryl methyl sites for hydroxylation is 1. The second-order valence-electron chi connectivity index (χ2n) is 4.10. The monoisotopic (exact) mass is 256 g/mol. The highest BCUT2D eigenvalue weighted by atomic mass is 19.2. The zero-order chi connectivity index (χ0) is 14.0. The summed E-state index contributed by atoms with van der Waals surface area (Å²) in [4.78, 5) is 23.4. The third-order valence-electron chi connectivity index (χ3n) is 2.85. The quantitative estimate of drug-likeness (QED) is 0.474. The normalized spacial score (nSPS) is 12.1. The highest BCUT2D eigenvalue weighted by Gasteiger charge is 2.27. The summed E-state index contributed by atoms with van der Waals surface area (Å²) in [6, 6.07) is 0.944. The SMILES string of the molecule is COC(=O)C(C)C(=O)c1c(C)cc(F)c(F)c1C. The first kappa shape index (κ1) is 14.3. The molecule has 0 heterocycles. The van der Waals surface area contributed by atoms with Crippen LogP contribution in [0.1, 0.15) is 28.4 Å². The van der Waals surface area contributed by atoms with E-state index in [0.29, 0.717) is 5.56 Å². The molecule has 0 aliphatic heterocycles. The van der Waals surface area contributed by atoms with Crippen LogP contribution in [0.25, 0.3) is 0 Å². The van der Waals surface area contributed by atoms with Crippen molar-refractivity contribution in [3.05, 3.63) is 34.4 Å². The van der Waals surface area contributed by atoms with Gasteiger partial charge in [-0.3, -0.25) is 9.59 Å². The van der Waals surface area contributed by atoms with Gasteiger partial charge in [0, 0.05) is 5.56 Å². The van der Waals surface area contributed by atoms with Gasteiger partial charge in [0.05, 0.1) is 7.11 Å². The summed E-state index contributed by atoms with van der Waals surface area (Å²) in [5.41, 5.74) is 0.243. The Bertz CT molecular complexity index is 509. The summed E-state index contributed by atoms with van der Waals surface area (Å²) in [5.74, 6) is -4.40. The average Bonchev–Trinajstić information content (AvgIpc) is 2.34. The number of rotatable bonds is 3. The molecule has 98 valence electrons. The Labute approximate surface area is 104 Å². The van der Waals surface area contributed by atoms with Crippen LogP contribution in [0.4, 0.5) is 8.78 Å². The molecule has 1 unspecified atom stereocenters. The molecule has 5 heteroatoms. The molecular weight excluding hydrogens is 242 g/mol. The Kier molecular flexibility index (Phi) is 4.16. The van der Waals surface area contributed by atoms with E-state index in [2.05, 4.69) is 4.74 Å². The van der Waals surface area contributed by atoms with Crippen molar-refractivity contribution in [2.45, 2.75) is 20.8 Å². The second-order valence-corrected chi connectivity index (χ2v) is 4.10. The van der Waals surface area contributed by atoms with Crippen LogP contribution in [-0.4, -0.2) is 18.9 Å². The fourth-order valence-electron chi connectivity index (χ4n) is 1.79. The Morgan fingerprint density at radius 2 is 1.83 bits per heavy atom. The number of Topliss-reactive ketones (excluding diaryl/α,β-unsaturated/α-hetero) is 1. The number of carbonyl (C=O) groups is 2. The lowest BCUT2D eigenvalue weighted by molar-refractivity contribution is -0.143. The van der Waals surface area contributed by atoms with Crippen LogP contribution < -0.4 is 0 Å². The molecule has 0 aliphatic carbocycles. The number of carbonyl (C=O) groups excluding carboxylic acids is 2. The number of hydrogen-bond donors (Lipinski definition) is 0. The molecule has 18 heavy (non-hydrogen) atoms. The maximum atomic E-state index is 13.4. The largest absolute Gasteiger partial charge is 0.468 e. The fourth-order valence-corrected chi connectivity index (χ4v) is 1.79. The molecule has 0 spiro atoms. The zero-order valence-electron chi connectivity index (χ0n) is 10.6. The van der Waals surface area contributed by atoms with Crippen molar-refractivity contribution >= 4 is 11.8 Å². The lowest BCUT2D eigenvalue weighted by Crippen LogP contribution is -2.24. The molecule has 0 amide bonds. The molecule has 0 fully saturated rings. The highest BCUT2D eigenvalue weighted by Crippen LogP contribution is 2.23. The first-order valence-corrected chi connectivity index (χ1v) is 5.38. The number of halogens is 2. The van der Waals surface area contributed by atoms with Crippen LogP contribution in [0.5, 0.6) is 0 Å². The summed E-state index contributed by atoms with van der Waals surface area (Å²) in [6.45, 7) is 4.17. The van der Waals surface area contributed by atoms with Gasteiger partial charge in [0.15, 0.2) is 17.4 Å². The third-order valence-corrected chi connectivity index (χ3v) is 2.85. The molecule has 0 N–H and O–H groups in total. The van der Waals surface area contributed by atoms with Crippen LogP contribution in [0.3, 0.4) is 0 Å². The number of esters is 1. The van der Waals surface area contributed by atoms with Crippen LogP contribution in [-0.2, 0) is 9.53 Å². The molecule has 0 aromatic heterocycles. The van der Waals surface area contributed by atoms with E-state index in [0.717, 1.165) is 13.2 Å². The third kappa shape index (κ3) is 2.39. The number of hydrogen-bond acceptors (Lipinski definition) is 3. The van der Waals surface area contributed by atoms with Gasteiger partial charge in [-0.25, -0.2) is 8.78 Å². The van der Waals surface area contributed by atoms with Gasteiger partial charge in [-0.15, -0.1) is 0 Å². The van der Waals surface area contributed by atoms with Crippen LogP contribution >= 0.6 is 0 Å². The Morgan fingerprint density at radius 3 is 2.33 bits per heavy atom. The second kappa shape index (κ2) is 5.25. The minimum absolute atomic E-state index is 0.0341. The summed E-state index contributed by atoms with van der Waals surface area (Å²) >= 11 is 0. The van der Waals surface area contributed by atoms with E-state index >= 15 is 0 Å². The summed E-state index contributed by atoms with van der Waals surface area (Å²) in [5, 5.41) is 0. The van der Waals surface area contributed by atoms with E-state index in [1.165, 1.54) is 20.8 Å². The molecule has 1 aromatic carbocycles. The van der Waals surface area contributed by atoms with Gasteiger partial charge in [-0.1, -0.05) is 0 Å². The van der Waals surface area contributed by atoms with Crippen molar-refractivity contribution in [1.82, 2.24) is 0 Å². The first-order chi connectivity index (χ1) is 8.31. The van der Waals surface area contributed by atoms with E-state index in [-0.39, 0.29) is 11.1 Å². The minimum Gasteiger partial charge on any atom is -0.468 e. The average molecular weight is 256 g/mol. The van der Waals surface area contributed by atoms with Crippen molar-refractivity contribution in [2.24, 2.45) is 5.92 Å². The van der Waals surface area contributed by atoms with Gasteiger partial charge < -0.3 is 4.74 Å². The smallest absolute Gasteiger partial charge is 0.316 e. The van der Waals surface area contributed by atoms with Crippen molar-refractivity contribution in [2.75, 3.05) is 7.11 Å². The van der Waals surface area contributed by atoms with Gasteiger partial charge in [-0.05, 0) is 38.0 Å². The van der Waals surface area contributed by atoms with E-state index in [9.17, 15) is 18.4 Å². The Balaban J connectivity index is 3.30. The lowest BCUT2D eigenvalue weighted by atomic mass is 9.92. The molecule has 0 aliphatic rings. The summed E-state index contributed by atoms with van der Waals surface area (Å²) < 4.78 is 31.0. The standard InChI is InChI=1S/C13H14F2O3/c1-6-5-9(14)11(15)7(2)10(6)12(16)8(3)13(17)18-4/h5,8H,1-4H3. The van der Waals surface area contributed by atoms with E-state index in [1.807, 2.05) is 0 Å². The van der Waals surface area contributed by atoms with Crippen molar-refractivity contribution in [3.8, 4) is 0 Å². The molecule has 0 saturated heterocycles. The van der Waals surface area contributed by atoms with Crippen LogP contribution in [0.15, 0.2) is 6.07 Å². The Hall–Kier alpha value is -1.78. The first-order valence-electron chi connectivity index (χ1n) is 5.38. The van der Waals surface area contributed by atoms with Gasteiger partial charge in [0.1, 0.15) is 5.92 Å². The molecule has 1 aromatic rings. The molecule has 1 rings (SSSR count). The van der Waals surface area contributed by atoms with Crippen molar-refractivity contribution in [3.63, 3.8) is 0 Å². The predicted octanol–water partition coefficient (Wildman–Crippen LogP) is 2.57. The van der Waals surface area contributed by atoms with E-state index in [1.54, 1.807) is 0 Å². The lowest BCUT2D eigenvalue weighted by Gasteiger charge is -2.13. The topological polar surface area (TPSA) is 43.4 Å². The molecule has 0 saturated carbocycles. The molecule has 3 nitrogen and oxygen atoms in total. The van der Waals surface area contributed by atoms with Crippen molar-refractivity contribution < 1.29 is 23.1 Å². The molecular formula is C13H14F2O3. The highest BCUT2D eigenvalue weighted by molar-refractivity contribution is 6.09. The number of ketones is 1. The van der Waals surface area contributed by atoms with Gasteiger partial charge in [0.2, 0.25) is 0 Å². The number of methoxy groups -OCH3 is 1. The minimum atomic E-state index is -1.07. The number of benzene rings is 1. The van der Waals surface area contributed by atoms with Crippen molar-refractivity contribution in [1.29, 1.82) is 0 Å². The van der Waals surface area contributed by atoms with Gasteiger partial charge >= 0.3 is 5.97 Å². The molecule has 0 radical (unpaired) electrons. The van der Waals surface area contributed by atoms with Gasteiger partial charge in [0.25, 0.3) is 0 Å². The maximum absolute atomic E-state index is 13.4. The van der Waals surface area contributed by atoms with Crippen LogP contribution in [0, 0.1) is 31.4 Å². The number of ether oxygens (including phenoxy) is 1. The summed E-state index contributed by atoms with van der Waals surface area (Å²) in [7, 11) is 1.16. The van der Waals surface area contributed by atoms with E-state index in [4.69, 9.17) is 0 Å².